The lowest BCUT2D eigenvalue weighted by Gasteiger charge is -2.26. The van der Waals surface area contributed by atoms with Gasteiger partial charge in [0.05, 0.1) is 6.54 Å². The first-order valence-corrected chi connectivity index (χ1v) is 5.32. The van der Waals surface area contributed by atoms with Crippen molar-refractivity contribution in [2.75, 3.05) is 38.0 Å². The third-order valence-electron chi connectivity index (χ3n) is 2.54. The molecule has 1 aromatic rings. The summed E-state index contributed by atoms with van der Waals surface area (Å²) in [6.45, 7) is 4.11. The Morgan fingerprint density at radius 3 is 2.94 bits per heavy atom. The van der Waals surface area contributed by atoms with Gasteiger partial charge in [-0.15, -0.1) is 0 Å². The fourth-order valence-electron chi connectivity index (χ4n) is 1.65. The molecule has 0 bridgehead atoms. The average molecular weight is 224 g/mol. The molecule has 0 aliphatic carbocycles. The molecule has 2 N–H and O–H groups in total. The van der Waals surface area contributed by atoms with Crippen molar-refractivity contribution in [2.24, 2.45) is 7.05 Å². The zero-order valence-corrected chi connectivity index (χ0v) is 9.31. The number of piperazine rings is 1. The van der Waals surface area contributed by atoms with Gasteiger partial charge in [0.15, 0.2) is 0 Å². The van der Waals surface area contributed by atoms with Gasteiger partial charge in [-0.3, -0.25) is 15.0 Å². The van der Waals surface area contributed by atoms with E-state index in [4.69, 9.17) is 0 Å². The lowest BCUT2D eigenvalue weighted by Crippen LogP contribution is -2.46. The Labute approximate surface area is 93.8 Å². The van der Waals surface area contributed by atoms with E-state index in [2.05, 4.69) is 25.6 Å². The van der Waals surface area contributed by atoms with Crippen LogP contribution in [0, 0.1) is 0 Å². The summed E-state index contributed by atoms with van der Waals surface area (Å²) >= 11 is 0. The van der Waals surface area contributed by atoms with E-state index in [1.807, 2.05) is 0 Å². The van der Waals surface area contributed by atoms with Gasteiger partial charge in [0, 0.05) is 33.2 Å². The van der Waals surface area contributed by atoms with Crippen molar-refractivity contribution in [3.05, 3.63) is 6.33 Å². The molecule has 1 saturated heterocycles. The molecule has 0 radical (unpaired) electrons. The van der Waals surface area contributed by atoms with Crippen LogP contribution in [0.5, 0.6) is 0 Å². The molecule has 2 heterocycles. The van der Waals surface area contributed by atoms with Crippen LogP contribution in [0.25, 0.3) is 0 Å². The molecule has 0 atom stereocenters. The second-order valence-corrected chi connectivity index (χ2v) is 3.78. The Morgan fingerprint density at radius 1 is 1.56 bits per heavy atom. The zero-order chi connectivity index (χ0) is 11.4. The third kappa shape index (κ3) is 2.77. The minimum absolute atomic E-state index is 0.0435. The summed E-state index contributed by atoms with van der Waals surface area (Å²) in [6.07, 6.45) is 1.42. The minimum Gasteiger partial charge on any atom is -0.314 e. The van der Waals surface area contributed by atoms with Gasteiger partial charge in [-0.05, 0) is 0 Å². The highest BCUT2D eigenvalue weighted by Crippen LogP contribution is 1.99. The Kier molecular flexibility index (Phi) is 3.47. The van der Waals surface area contributed by atoms with E-state index in [0.717, 1.165) is 26.2 Å². The first-order chi connectivity index (χ1) is 7.75. The molecule has 0 spiro atoms. The van der Waals surface area contributed by atoms with Crippen LogP contribution in [0.3, 0.4) is 0 Å². The van der Waals surface area contributed by atoms with Crippen molar-refractivity contribution in [1.82, 2.24) is 25.0 Å². The van der Waals surface area contributed by atoms with Crippen LogP contribution in [0.4, 0.5) is 5.95 Å². The molecule has 88 valence electrons. The molecular weight excluding hydrogens is 208 g/mol. The van der Waals surface area contributed by atoms with E-state index in [-0.39, 0.29) is 5.91 Å². The largest absolute Gasteiger partial charge is 0.314 e. The van der Waals surface area contributed by atoms with Crippen molar-refractivity contribution < 1.29 is 4.79 Å². The monoisotopic (exact) mass is 224 g/mol. The van der Waals surface area contributed by atoms with E-state index in [9.17, 15) is 4.79 Å². The van der Waals surface area contributed by atoms with E-state index in [1.54, 1.807) is 7.05 Å². The van der Waals surface area contributed by atoms with E-state index < -0.39 is 0 Å². The van der Waals surface area contributed by atoms with Gasteiger partial charge in [0.1, 0.15) is 6.33 Å². The first-order valence-electron chi connectivity index (χ1n) is 5.32. The SMILES string of the molecule is Cn1ncnc1NC(=O)CN1CCNCC1. The Hall–Kier alpha value is -1.47. The van der Waals surface area contributed by atoms with Crippen LogP contribution < -0.4 is 10.6 Å². The van der Waals surface area contributed by atoms with Gasteiger partial charge < -0.3 is 5.32 Å². The minimum atomic E-state index is -0.0435. The smallest absolute Gasteiger partial charge is 0.240 e. The van der Waals surface area contributed by atoms with E-state index in [1.165, 1.54) is 11.0 Å². The van der Waals surface area contributed by atoms with Crippen LogP contribution in [0.1, 0.15) is 0 Å². The van der Waals surface area contributed by atoms with E-state index in [0.29, 0.717) is 12.5 Å². The Bertz CT molecular complexity index is 357. The fourth-order valence-corrected chi connectivity index (χ4v) is 1.65. The van der Waals surface area contributed by atoms with Gasteiger partial charge >= 0.3 is 0 Å². The summed E-state index contributed by atoms with van der Waals surface area (Å²) in [6, 6.07) is 0. The molecule has 1 amide bonds. The van der Waals surface area contributed by atoms with Crippen molar-refractivity contribution in [2.45, 2.75) is 0 Å². The van der Waals surface area contributed by atoms with Crippen molar-refractivity contribution >= 4 is 11.9 Å². The van der Waals surface area contributed by atoms with Crippen LogP contribution in [-0.4, -0.2) is 58.3 Å². The lowest BCUT2D eigenvalue weighted by molar-refractivity contribution is -0.117. The van der Waals surface area contributed by atoms with Gasteiger partial charge in [-0.1, -0.05) is 0 Å². The number of carbonyl (C=O) groups is 1. The maximum atomic E-state index is 11.7. The Morgan fingerprint density at radius 2 is 2.31 bits per heavy atom. The van der Waals surface area contributed by atoms with Gasteiger partial charge in [0.2, 0.25) is 11.9 Å². The number of aromatic nitrogens is 3. The number of hydrogen-bond donors (Lipinski definition) is 2. The average Bonchev–Trinajstić information content (AvgIpc) is 2.66. The summed E-state index contributed by atoms with van der Waals surface area (Å²) in [4.78, 5) is 17.7. The summed E-state index contributed by atoms with van der Waals surface area (Å²) < 4.78 is 1.54. The number of nitrogens with zero attached hydrogens (tertiary/aromatic N) is 4. The maximum Gasteiger partial charge on any atom is 0.240 e. The van der Waals surface area contributed by atoms with Crippen LogP contribution in [0.2, 0.25) is 0 Å². The topological polar surface area (TPSA) is 75.1 Å². The zero-order valence-electron chi connectivity index (χ0n) is 9.31. The highest BCUT2D eigenvalue weighted by molar-refractivity contribution is 5.90. The molecule has 0 aromatic carbocycles. The van der Waals surface area contributed by atoms with Gasteiger partial charge in [-0.25, -0.2) is 4.68 Å². The summed E-state index contributed by atoms with van der Waals surface area (Å²) in [5.41, 5.74) is 0. The second-order valence-electron chi connectivity index (χ2n) is 3.78. The van der Waals surface area contributed by atoms with Crippen LogP contribution >= 0.6 is 0 Å². The first kappa shape index (κ1) is 11.0. The molecule has 0 unspecified atom stereocenters. The number of nitrogens with one attached hydrogen (secondary N) is 2. The summed E-state index contributed by atoms with van der Waals surface area (Å²) in [5.74, 6) is 0.443. The molecule has 0 saturated carbocycles. The number of rotatable bonds is 3. The van der Waals surface area contributed by atoms with Crippen molar-refractivity contribution in [3.63, 3.8) is 0 Å². The van der Waals surface area contributed by atoms with Gasteiger partial charge in [0.25, 0.3) is 0 Å². The normalized spacial score (nSPS) is 17.3. The molecular formula is C9H16N6O. The van der Waals surface area contributed by atoms with E-state index >= 15 is 0 Å². The van der Waals surface area contributed by atoms with Crippen LogP contribution in [0.15, 0.2) is 6.33 Å². The molecule has 1 aliphatic heterocycles. The number of carbonyl (C=O) groups excluding carboxylic acids is 1. The summed E-state index contributed by atoms with van der Waals surface area (Å²) in [7, 11) is 1.74. The molecule has 2 rings (SSSR count). The molecule has 7 nitrogen and oxygen atoms in total. The number of aryl methyl sites for hydroxylation is 1. The molecule has 1 aromatic heterocycles. The second kappa shape index (κ2) is 5.04. The quantitative estimate of drug-likeness (QED) is 0.664. The number of anilines is 1. The highest BCUT2D eigenvalue weighted by Gasteiger charge is 2.14. The predicted molar refractivity (Wildman–Crippen MR) is 58.9 cm³/mol. The molecule has 1 aliphatic rings. The highest BCUT2D eigenvalue weighted by atomic mass is 16.2. The lowest BCUT2D eigenvalue weighted by atomic mass is 10.3. The van der Waals surface area contributed by atoms with Crippen molar-refractivity contribution in [1.29, 1.82) is 0 Å². The third-order valence-corrected chi connectivity index (χ3v) is 2.54. The molecule has 16 heavy (non-hydrogen) atoms. The maximum absolute atomic E-state index is 11.7. The summed E-state index contributed by atoms with van der Waals surface area (Å²) in [5, 5.41) is 9.85. The number of amides is 1. The van der Waals surface area contributed by atoms with Crippen LogP contribution in [-0.2, 0) is 11.8 Å². The molecule has 7 heteroatoms. The fraction of sp³-hybridized carbons (Fsp3) is 0.667. The standard InChI is InChI=1S/C9H16N6O/c1-14-9(11-7-12-14)13-8(16)6-15-4-2-10-3-5-15/h7,10H,2-6H2,1H3,(H,11,12,13,16). The van der Waals surface area contributed by atoms with Gasteiger partial charge in [-0.2, -0.15) is 10.1 Å². The molecule has 1 fully saturated rings. The predicted octanol–water partition coefficient (Wildman–Crippen LogP) is -1.34. The number of hydrogen-bond acceptors (Lipinski definition) is 5. The Balaban J connectivity index is 1.82. The van der Waals surface area contributed by atoms with Crippen molar-refractivity contribution in [3.8, 4) is 0 Å².